The molecule has 212 valence electrons. The van der Waals surface area contributed by atoms with Crippen LogP contribution in [0.2, 0.25) is 0 Å². The zero-order chi connectivity index (χ0) is 27.3. The van der Waals surface area contributed by atoms with Gasteiger partial charge in [-0.2, -0.15) is 0 Å². The molecule has 40 heavy (non-hydrogen) atoms. The topological polar surface area (TPSA) is 90.5 Å². The molecule has 0 spiro atoms. The summed E-state index contributed by atoms with van der Waals surface area (Å²) in [5.41, 5.74) is 2.90. The van der Waals surface area contributed by atoms with Crippen molar-refractivity contribution in [2.45, 2.75) is 95.1 Å². The summed E-state index contributed by atoms with van der Waals surface area (Å²) < 4.78 is 0. The van der Waals surface area contributed by atoms with Crippen LogP contribution in [0.25, 0.3) is 10.8 Å². The van der Waals surface area contributed by atoms with Crippen LogP contribution in [0, 0.1) is 17.8 Å². The SMILES string of the molecule is O=C1CCC(N2C(=O)c3cccc4c(NCCCCCCCNC56CC7CC(CC(C7)C5)C6)ccc2c34)C(=O)N1. The number of piperidine rings is 1. The summed E-state index contributed by atoms with van der Waals surface area (Å²) >= 11 is 0. The van der Waals surface area contributed by atoms with E-state index in [1.54, 1.807) is 4.90 Å². The molecule has 2 aliphatic heterocycles. The highest BCUT2D eigenvalue weighted by molar-refractivity contribution is 6.28. The van der Waals surface area contributed by atoms with Crippen LogP contribution in [0.4, 0.5) is 11.4 Å². The minimum atomic E-state index is -0.651. The van der Waals surface area contributed by atoms with Gasteiger partial charge in [-0.15, -0.1) is 0 Å². The first-order valence-electron chi connectivity index (χ1n) is 15.7. The molecule has 2 aromatic rings. The fourth-order valence-corrected chi connectivity index (χ4v) is 9.08. The highest BCUT2D eigenvalue weighted by atomic mass is 16.2. The lowest BCUT2D eigenvalue weighted by molar-refractivity contribution is -0.134. The van der Waals surface area contributed by atoms with E-state index in [2.05, 4.69) is 16.0 Å². The average Bonchev–Trinajstić information content (AvgIpc) is 3.20. The quantitative estimate of drug-likeness (QED) is 0.257. The van der Waals surface area contributed by atoms with Gasteiger partial charge in [-0.3, -0.25) is 24.6 Å². The number of carbonyl (C=O) groups is 3. The first-order valence-corrected chi connectivity index (χ1v) is 15.7. The summed E-state index contributed by atoms with van der Waals surface area (Å²) in [6.07, 6.45) is 15.6. The number of nitrogens with one attached hydrogen (secondary N) is 3. The molecule has 0 radical (unpaired) electrons. The largest absolute Gasteiger partial charge is 0.385 e. The summed E-state index contributed by atoms with van der Waals surface area (Å²) in [6, 6.07) is 9.11. The minimum absolute atomic E-state index is 0.162. The van der Waals surface area contributed by atoms with E-state index in [-0.39, 0.29) is 18.2 Å². The summed E-state index contributed by atoms with van der Waals surface area (Å²) in [6.45, 7) is 2.08. The van der Waals surface area contributed by atoms with Gasteiger partial charge in [0.05, 0.1) is 5.69 Å². The van der Waals surface area contributed by atoms with Gasteiger partial charge in [0.25, 0.3) is 5.91 Å². The summed E-state index contributed by atoms with van der Waals surface area (Å²) in [7, 11) is 0. The molecule has 4 bridgehead atoms. The molecular formula is C33H42N4O3. The van der Waals surface area contributed by atoms with Crippen molar-refractivity contribution >= 4 is 39.9 Å². The smallest absolute Gasteiger partial charge is 0.259 e. The van der Waals surface area contributed by atoms with Crippen molar-refractivity contribution in [1.29, 1.82) is 0 Å². The molecule has 3 N–H and O–H groups in total. The van der Waals surface area contributed by atoms with E-state index in [0.717, 1.165) is 52.9 Å². The molecule has 1 unspecified atom stereocenters. The molecule has 4 aliphatic carbocycles. The number of imide groups is 1. The number of amides is 3. The Bertz CT molecular complexity index is 1300. The van der Waals surface area contributed by atoms with Crippen LogP contribution in [0.15, 0.2) is 30.3 Å². The molecule has 2 aromatic carbocycles. The number of benzene rings is 2. The third-order valence-electron chi connectivity index (χ3n) is 10.5. The predicted octanol–water partition coefficient (Wildman–Crippen LogP) is 5.53. The summed E-state index contributed by atoms with van der Waals surface area (Å²) in [4.78, 5) is 39.1. The van der Waals surface area contributed by atoms with E-state index >= 15 is 0 Å². The second-order valence-corrected chi connectivity index (χ2v) is 13.3. The number of hydrogen-bond donors (Lipinski definition) is 3. The molecule has 0 aromatic heterocycles. The van der Waals surface area contributed by atoms with Crippen LogP contribution in [-0.2, 0) is 9.59 Å². The van der Waals surface area contributed by atoms with Crippen molar-refractivity contribution in [3.8, 4) is 0 Å². The first kappa shape index (κ1) is 26.0. The van der Waals surface area contributed by atoms with Gasteiger partial charge in [0.15, 0.2) is 0 Å². The van der Waals surface area contributed by atoms with Gasteiger partial charge in [-0.05, 0) is 100 Å². The normalized spacial score (nSPS) is 30.4. The molecular weight excluding hydrogens is 500 g/mol. The van der Waals surface area contributed by atoms with Crippen molar-refractivity contribution in [3.05, 3.63) is 35.9 Å². The van der Waals surface area contributed by atoms with E-state index in [4.69, 9.17) is 0 Å². The Hall–Kier alpha value is -2.93. The minimum Gasteiger partial charge on any atom is -0.385 e. The van der Waals surface area contributed by atoms with E-state index in [1.807, 2.05) is 30.3 Å². The number of hydrogen-bond acceptors (Lipinski definition) is 5. The summed E-state index contributed by atoms with van der Waals surface area (Å²) in [5.74, 6) is 2.20. The molecule has 8 rings (SSSR count). The fraction of sp³-hybridized carbons (Fsp3) is 0.606. The van der Waals surface area contributed by atoms with Crippen molar-refractivity contribution in [3.63, 3.8) is 0 Å². The molecule has 1 saturated heterocycles. The Balaban J connectivity index is 0.884. The van der Waals surface area contributed by atoms with Crippen LogP contribution in [0.1, 0.15) is 93.8 Å². The lowest BCUT2D eigenvalue weighted by atomic mass is 9.53. The fourth-order valence-electron chi connectivity index (χ4n) is 9.08. The third-order valence-corrected chi connectivity index (χ3v) is 10.5. The maximum absolute atomic E-state index is 13.3. The van der Waals surface area contributed by atoms with Crippen LogP contribution >= 0.6 is 0 Å². The monoisotopic (exact) mass is 542 g/mol. The molecule has 7 heteroatoms. The molecule has 3 amide bonds. The lowest BCUT2D eigenvalue weighted by Crippen LogP contribution is -2.58. The summed E-state index contributed by atoms with van der Waals surface area (Å²) in [5, 5.41) is 11.9. The lowest BCUT2D eigenvalue weighted by Gasteiger charge is -2.57. The number of anilines is 2. The standard InChI is InChI=1S/C33H42N4O3/c38-29-12-11-28(31(39)36-29)37-27-10-9-26(24-7-6-8-25(30(24)27)32(37)40)34-13-4-2-1-3-5-14-35-33-18-21-15-22(19-33)17-23(16-21)20-33/h6-10,21-23,28,34-35H,1-5,11-20H2,(H,36,38,39). The zero-order valence-electron chi connectivity index (χ0n) is 23.5. The second kappa shape index (κ2) is 10.5. The van der Waals surface area contributed by atoms with E-state index in [9.17, 15) is 14.4 Å². The number of nitrogens with zero attached hydrogens (tertiary/aromatic N) is 1. The predicted molar refractivity (Wildman–Crippen MR) is 157 cm³/mol. The Morgan fingerprint density at radius 1 is 0.850 bits per heavy atom. The molecule has 1 atom stereocenters. The van der Waals surface area contributed by atoms with Gasteiger partial charge in [0, 0.05) is 40.5 Å². The van der Waals surface area contributed by atoms with Crippen LogP contribution in [0.3, 0.4) is 0 Å². The van der Waals surface area contributed by atoms with Crippen molar-refractivity contribution < 1.29 is 14.4 Å². The Labute approximate surface area is 236 Å². The highest BCUT2D eigenvalue weighted by Crippen LogP contribution is 2.55. The van der Waals surface area contributed by atoms with E-state index < -0.39 is 11.9 Å². The van der Waals surface area contributed by atoms with E-state index in [0.29, 0.717) is 17.5 Å². The van der Waals surface area contributed by atoms with Gasteiger partial charge in [-0.25, -0.2) is 0 Å². The number of rotatable bonds is 11. The zero-order valence-corrected chi connectivity index (χ0v) is 23.5. The van der Waals surface area contributed by atoms with Crippen molar-refractivity contribution in [1.82, 2.24) is 10.6 Å². The number of carbonyl (C=O) groups excluding carboxylic acids is 3. The Morgan fingerprint density at radius 3 is 2.27 bits per heavy atom. The average molecular weight is 543 g/mol. The maximum atomic E-state index is 13.3. The maximum Gasteiger partial charge on any atom is 0.259 e. The second-order valence-electron chi connectivity index (χ2n) is 13.3. The van der Waals surface area contributed by atoms with Gasteiger partial charge >= 0.3 is 0 Å². The number of unbranched alkanes of at least 4 members (excludes halogenated alkanes) is 4. The molecule has 6 aliphatic rings. The van der Waals surface area contributed by atoms with Gasteiger partial charge in [-0.1, -0.05) is 31.4 Å². The molecule has 7 nitrogen and oxygen atoms in total. The molecule has 4 saturated carbocycles. The van der Waals surface area contributed by atoms with Gasteiger partial charge < -0.3 is 10.6 Å². The Morgan fingerprint density at radius 2 is 1.55 bits per heavy atom. The third kappa shape index (κ3) is 4.70. The van der Waals surface area contributed by atoms with Crippen molar-refractivity contribution in [2.75, 3.05) is 23.3 Å². The van der Waals surface area contributed by atoms with Crippen LogP contribution in [-0.4, -0.2) is 42.4 Å². The van der Waals surface area contributed by atoms with Crippen LogP contribution < -0.4 is 20.9 Å². The van der Waals surface area contributed by atoms with Crippen LogP contribution in [0.5, 0.6) is 0 Å². The van der Waals surface area contributed by atoms with E-state index in [1.165, 1.54) is 70.8 Å². The molecule has 2 heterocycles. The van der Waals surface area contributed by atoms with Gasteiger partial charge in [0.1, 0.15) is 6.04 Å². The van der Waals surface area contributed by atoms with Crippen molar-refractivity contribution in [2.24, 2.45) is 17.8 Å². The molecule has 5 fully saturated rings. The highest BCUT2D eigenvalue weighted by Gasteiger charge is 2.50. The van der Waals surface area contributed by atoms with Gasteiger partial charge in [0.2, 0.25) is 11.8 Å². The first-order chi connectivity index (χ1) is 19.5. The Kier molecular flexibility index (Phi) is 6.81.